The molecule has 0 amide bonds. The molecule has 0 atom stereocenters. The predicted molar refractivity (Wildman–Crippen MR) is 56.9 cm³/mol. The molecule has 0 spiro atoms. The lowest BCUT2D eigenvalue weighted by molar-refractivity contribution is -0.146. The number of carbonyl (C=O) groups excluding carboxylic acids is 1. The number of hydrogen-bond acceptors (Lipinski definition) is 4. The summed E-state index contributed by atoms with van der Waals surface area (Å²) in [5, 5.41) is 7.60. The fourth-order valence-corrected chi connectivity index (χ4v) is 0.958. The number of nitrogens with one attached hydrogen (secondary N) is 1. The Kier molecular flexibility index (Phi) is 3.19. The van der Waals surface area contributed by atoms with Crippen molar-refractivity contribution in [1.29, 1.82) is 5.41 Å². The number of ether oxygens (including phenoxy) is 1. The van der Waals surface area contributed by atoms with Gasteiger partial charge < -0.3 is 4.74 Å². The fourth-order valence-electron chi connectivity index (χ4n) is 0.958. The molecule has 1 aromatic heterocycles. The van der Waals surface area contributed by atoms with Crippen molar-refractivity contribution in [1.82, 2.24) is 4.98 Å². The van der Waals surface area contributed by atoms with Crippen LogP contribution in [0.4, 0.5) is 0 Å². The number of pyridine rings is 1. The third kappa shape index (κ3) is 3.50. The van der Waals surface area contributed by atoms with E-state index in [2.05, 4.69) is 4.98 Å². The van der Waals surface area contributed by atoms with Gasteiger partial charge in [0.2, 0.25) is 0 Å². The maximum absolute atomic E-state index is 11.5. The fraction of sp³-hybridized carbons (Fsp3) is 0.364. The summed E-state index contributed by atoms with van der Waals surface area (Å²) < 4.78 is 5.06. The molecule has 4 nitrogen and oxygen atoms in total. The number of carbonyl (C=O) groups is 1. The van der Waals surface area contributed by atoms with Crippen molar-refractivity contribution >= 4 is 11.7 Å². The first kappa shape index (κ1) is 11.4. The highest BCUT2D eigenvalue weighted by Gasteiger charge is 2.20. The van der Waals surface area contributed by atoms with Gasteiger partial charge in [0, 0.05) is 18.0 Å². The van der Waals surface area contributed by atoms with Crippen LogP contribution in [-0.2, 0) is 9.53 Å². The zero-order valence-electron chi connectivity index (χ0n) is 9.07. The third-order valence-corrected chi connectivity index (χ3v) is 1.55. The van der Waals surface area contributed by atoms with Gasteiger partial charge in [-0.1, -0.05) is 0 Å². The zero-order chi connectivity index (χ0) is 11.5. The smallest absolute Gasteiger partial charge is 0.357 e. The molecule has 1 heterocycles. The molecule has 1 rings (SSSR count). The van der Waals surface area contributed by atoms with E-state index >= 15 is 0 Å². The first-order chi connectivity index (χ1) is 6.90. The van der Waals surface area contributed by atoms with Gasteiger partial charge in [-0.15, -0.1) is 0 Å². The van der Waals surface area contributed by atoms with Crippen molar-refractivity contribution in [2.75, 3.05) is 0 Å². The molecule has 0 aliphatic heterocycles. The van der Waals surface area contributed by atoms with E-state index < -0.39 is 11.6 Å². The van der Waals surface area contributed by atoms with E-state index in [1.54, 1.807) is 39.1 Å². The van der Waals surface area contributed by atoms with Crippen molar-refractivity contribution in [2.24, 2.45) is 0 Å². The van der Waals surface area contributed by atoms with E-state index in [0.29, 0.717) is 5.56 Å². The Balaban J connectivity index is 2.75. The summed E-state index contributed by atoms with van der Waals surface area (Å²) in [7, 11) is 0. The van der Waals surface area contributed by atoms with Crippen molar-refractivity contribution in [3.8, 4) is 0 Å². The average molecular weight is 206 g/mol. The molecule has 0 saturated heterocycles. The van der Waals surface area contributed by atoms with Crippen LogP contribution >= 0.6 is 0 Å². The molecule has 15 heavy (non-hydrogen) atoms. The summed E-state index contributed by atoms with van der Waals surface area (Å²) >= 11 is 0. The molecule has 0 bridgehead atoms. The normalized spacial score (nSPS) is 10.9. The highest BCUT2D eigenvalue weighted by Crippen LogP contribution is 2.09. The third-order valence-electron chi connectivity index (χ3n) is 1.55. The van der Waals surface area contributed by atoms with Crippen molar-refractivity contribution in [3.63, 3.8) is 0 Å². The summed E-state index contributed by atoms with van der Waals surface area (Å²) in [5.41, 5.74) is -0.282. The van der Waals surface area contributed by atoms with Gasteiger partial charge in [-0.25, -0.2) is 4.79 Å². The van der Waals surface area contributed by atoms with Crippen molar-refractivity contribution < 1.29 is 9.53 Å². The summed E-state index contributed by atoms with van der Waals surface area (Å²) in [6.45, 7) is 5.30. The van der Waals surface area contributed by atoms with E-state index in [1.165, 1.54) is 6.20 Å². The molecular formula is C11H14N2O2. The second kappa shape index (κ2) is 4.21. The van der Waals surface area contributed by atoms with Gasteiger partial charge >= 0.3 is 5.97 Å². The summed E-state index contributed by atoms with van der Waals surface area (Å²) in [4.78, 5) is 15.3. The second-order valence-electron chi connectivity index (χ2n) is 4.12. The lowest BCUT2D eigenvalue weighted by Crippen LogP contribution is -2.29. The van der Waals surface area contributed by atoms with E-state index in [-0.39, 0.29) is 5.71 Å². The molecule has 0 aliphatic rings. The van der Waals surface area contributed by atoms with Crippen molar-refractivity contribution in [2.45, 2.75) is 26.4 Å². The highest BCUT2D eigenvalue weighted by molar-refractivity contribution is 6.41. The van der Waals surface area contributed by atoms with E-state index in [9.17, 15) is 4.79 Å². The molecule has 0 saturated carbocycles. The zero-order valence-corrected chi connectivity index (χ0v) is 9.07. The topological polar surface area (TPSA) is 63.0 Å². The van der Waals surface area contributed by atoms with Crippen LogP contribution in [-0.4, -0.2) is 22.3 Å². The first-order valence-corrected chi connectivity index (χ1v) is 4.62. The number of esters is 1. The molecular weight excluding hydrogens is 192 g/mol. The standard InChI is InChI=1S/C11H14N2O2/c1-11(2,3)15-10(14)9(12)8-5-4-6-13-7-8/h4-7,12H,1-3H3. The Morgan fingerprint density at radius 1 is 1.47 bits per heavy atom. The number of rotatable bonds is 2. The molecule has 80 valence electrons. The van der Waals surface area contributed by atoms with Gasteiger partial charge in [0.25, 0.3) is 0 Å². The van der Waals surface area contributed by atoms with Crippen LogP contribution in [0.15, 0.2) is 24.5 Å². The van der Waals surface area contributed by atoms with E-state index in [4.69, 9.17) is 10.1 Å². The summed E-state index contributed by atoms with van der Waals surface area (Å²) in [6.07, 6.45) is 3.05. The monoisotopic (exact) mass is 206 g/mol. The van der Waals surface area contributed by atoms with Crippen LogP contribution in [0, 0.1) is 5.41 Å². The number of nitrogens with zero attached hydrogens (tertiary/aromatic N) is 1. The quantitative estimate of drug-likeness (QED) is 0.592. The molecule has 1 aromatic rings. The summed E-state index contributed by atoms with van der Waals surface area (Å²) in [5.74, 6) is -0.629. The molecule has 0 aliphatic carbocycles. The van der Waals surface area contributed by atoms with Gasteiger partial charge in [0.05, 0.1) is 0 Å². The van der Waals surface area contributed by atoms with Gasteiger partial charge in [-0.3, -0.25) is 10.4 Å². The molecule has 1 N–H and O–H groups in total. The van der Waals surface area contributed by atoms with E-state index in [1.807, 2.05) is 0 Å². The Bertz CT molecular complexity index is 366. The molecule has 0 aromatic carbocycles. The molecule has 0 unspecified atom stereocenters. The van der Waals surface area contributed by atoms with Gasteiger partial charge in [0.1, 0.15) is 11.3 Å². The van der Waals surface area contributed by atoms with Crippen LogP contribution < -0.4 is 0 Å². The lowest BCUT2D eigenvalue weighted by Gasteiger charge is -2.19. The Labute approximate surface area is 88.8 Å². The lowest BCUT2D eigenvalue weighted by atomic mass is 10.1. The van der Waals surface area contributed by atoms with Crippen LogP contribution in [0.1, 0.15) is 26.3 Å². The van der Waals surface area contributed by atoms with Gasteiger partial charge in [-0.05, 0) is 32.9 Å². The highest BCUT2D eigenvalue weighted by atomic mass is 16.6. The maximum Gasteiger partial charge on any atom is 0.357 e. The van der Waals surface area contributed by atoms with Crippen LogP contribution in [0.3, 0.4) is 0 Å². The van der Waals surface area contributed by atoms with Crippen LogP contribution in [0.5, 0.6) is 0 Å². The van der Waals surface area contributed by atoms with Crippen molar-refractivity contribution in [3.05, 3.63) is 30.1 Å². The molecule has 0 fully saturated rings. The van der Waals surface area contributed by atoms with Crippen LogP contribution in [0.25, 0.3) is 0 Å². The largest absolute Gasteiger partial charge is 0.455 e. The molecule has 4 heteroatoms. The van der Waals surface area contributed by atoms with E-state index in [0.717, 1.165) is 0 Å². The second-order valence-corrected chi connectivity index (χ2v) is 4.12. The predicted octanol–water partition coefficient (Wildman–Crippen LogP) is 1.79. The van der Waals surface area contributed by atoms with Gasteiger partial charge in [-0.2, -0.15) is 0 Å². The Morgan fingerprint density at radius 3 is 2.60 bits per heavy atom. The van der Waals surface area contributed by atoms with Gasteiger partial charge in [0.15, 0.2) is 0 Å². The minimum atomic E-state index is -0.629. The number of aromatic nitrogens is 1. The molecule has 0 radical (unpaired) electrons. The minimum absolute atomic E-state index is 0.168. The maximum atomic E-state index is 11.5. The average Bonchev–Trinajstić information content (AvgIpc) is 2.15. The minimum Gasteiger partial charge on any atom is -0.455 e. The number of hydrogen-bond donors (Lipinski definition) is 1. The Morgan fingerprint density at radius 2 is 2.13 bits per heavy atom. The van der Waals surface area contributed by atoms with Crippen LogP contribution in [0.2, 0.25) is 0 Å². The first-order valence-electron chi connectivity index (χ1n) is 4.62. The summed E-state index contributed by atoms with van der Waals surface area (Å²) in [6, 6.07) is 3.33. The SMILES string of the molecule is CC(C)(C)OC(=O)C(=N)c1cccnc1. The Hall–Kier alpha value is -1.71.